The van der Waals surface area contributed by atoms with E-state index in [1.165, 1.54) is 0 Å². The van der Waals surface area contributed by atoms with Crippen LogP contribution in [-0.4, -0.2) is 44.2 Å². The Labute approximate surface area is 222 Å². The van der Waals surface area contributed by atoms with Gasteiger partial charge >= 0.3 is 0 Å². The topological polar surface area (TPSA) is 84.1 Å². The third-order valence-corrected chi connectivity index (χ3v) is 6.98. The molecule has 1 atom stereocenters. The van der Waals surface area contributed by atoms with Crippen LogP contribution in [0.5, 0.6) is 5.75 Å². The lowest BCUT2D eigenvalue weighted by Gasteiger charge is -2.25. The van der Waals surface area contributed by atoms with Gasteiger partial charge in [-0.1, -0.05) is 55.5 Å². The third kappa shape index (κ3) is 4.56. The van der Waals surface area contributed by atoms with E-state index in [2.05, 4.69) is 4.98 Å². The number of hydrogen-bond acceptors (Lipinski definition) is 5. The number of fused-ring (bicyclic) bond motifs is 1. The molecule has 1 amide bonds. The molecule has 5 rings (SSSR count). The van der Waals surface area contributed by atoms with Crippen LogP contribution in [0.3, 0.4) is 0 Å². The number of aryl methyl sites for hydroxylation is 2. The molecule has 1 aliphatic rings. The number of pyridine rings is 1. The zero-order valence-corrected chi connectivity index (χ0v) is 21.8. The van der Waals surface area contributed by atoms with Gasteiger partial charge in [-0.3, -0.25) is 9.59 Å². The van der Waals surface area contributed by atoms with Crippen LogP contribution in [0, 0.1) is 13.8 Å². The summed E-state index contributed by atoms with van der Waals surface area (Å²) >= 11 is 0. The Morgan fingerprint density at radius 3 is 2.55 bits per heavy atom. The minimum absolute atomic E-state index is 0.0415. The van der Waals surface area contributed by atoms with E-state index in [0.717, 1.165) is 17.5 Å². The summed E-state index contributed by atoms with van der Waals surface area (Å²) in [6.07, 6.45) is 3.29. The fourth-order valence-corrected chi connectivity index (χ4v) is 5.02. The highest BCUT2D eigenvalue weighted by Crippen LogP contribution is 2.40. The first-order chi connectivity index (χ1) is 18.4. The van der Waals surface area contributed by atoms with E-state index < -0.39 is 17.7 Å². The summed E-state index contributed by atoms with van der Waals surface area (Å²) in [5.74, 6) is -0.966. The summed E-state index contributed by atoms with van der Waals surface area (Å²) in [7, 11) is 0. The molecular weight excluding hydrogens is 478 g/mol. The number of aliphatic hydroxyl groups is 1. The first kappa shape index (κ1) is 25.3. The largest absolute Gasteiger partial charge is 0.505 e. The van der Waals surface area contributed by atoms with E-state index in [0.29, 0.717) is 47.9 Å². The molecule has 0 saturated carbocycles. The maximum atomic E-state index is 13.5. The molecule has 194 valence electrons. The van der Waals surface area contributed by atoms with Crippen molar-refractivity contribution >= 4 is 23.1 Å². The van der Waals surface area contributed by atoms with E-state index >= 15 is 0 Å². The maximum Gasteiger partial charge on any atom is 0.295 e. The molecule has 0 aliphatic carbocycles. The van der Waals surface area contributed by atoms with Gasteiger partial charge in [0.2, 0.25) is 0 Å². The van der Waals surface area contributed by atoms with Gasteiger partial charge in [0.05, 0.1) is 23.9 Å². The first-order valence-electron chi connectivity index (χ1n) is 12.9. The fraction of sp³-hybridized carbons (Fsp3) is 0.258. The van der Waals surface area contributed by atoms with Crippen LogP contribution < -0.4 is 4.74 Å². The van der Waals surface area contributed by atoms with Crippen LogP contribution in [0.2, 0.25) is 0 Å². The van der Waals surface area contributed by atoms with Gasteiger partial charge in [0.25, 0.3) is 11.7 Å². The van der Waals surface area contributed by atoms with E-state index in [-0.39, 0.29) is 11.3 Å². The van der Waals surface area contributed by atoms with Crippen LogP contribution in [0.1, 0.15) is 47.5 Å². The maximum absolute atomic E-state index is 13.5. The number of Topliss-reactive ketones (excluding diaryl/α,β-unsaturated/α-hetero) is 1. The lowest BCUT2D eigenvalue weighted by atomic mass is 9.96. The van der Waals surface area contributed by atoms with E-state index in [9.17, 15) is 14.7 Å². The average molecular weight is 510 g/mol. The molecule has 7 heteroatoms. The van der Waals surface area contributed by atoms with Crippen molar-refractivity contribution in [2.75, 3.05) is 13.2 Å². The number of carbonyl (C=O) groups excluding carboxylic acids is 2. The Morgan fingerprint density at radius 2 is 1.82 bits per heavy atom. The predicted octanol–water partition coefficient (Wildman–Crippen LogP) is 5.40. The Bertz CT molecular complexity index is 1540. The second-order valence-corrected chi connectivity index (χ2v) is 9.58. The number of ketones is 1. The van der Waals surface area contributed by atoms with Crippen LogP contribution in [0.25, 0.3) is 11.4 Å². The van der Waals surface area contributed by atoms with Crippen molar-refractivity contribution in [3.05, 3.63) is 107 Å². The number of imidazole rings is 1. The number of benzene rings is 2. The Hall–Kier alpha value is -4.39. The number of carbonyl (C=O) groups is 2. The van der Waals surface area contributed by atoms with Gasteiger partial charge in [0.1, 0.15) is 17.1 Å². The van der Waals surface area contributed by atoms with Gasteiger partial charge in [0.15, 0.2) is 5.76 Å². The summed E-state index contributed by atoms with van der Waals surface area (Å²) < 4.78 is 7.72. The smallest absolute Gasteiger partial charge is 0.295 e. The molecule has 0 radical (unpaired) electrons. The Morgan fingerprint density at radius 1 is 1.03 bits per heavy atom. The fourth-order valence-electron chi connectivity index (χ4n) is 5.02. The minimum atomic E-state index is -0.769. The summed E-state index contributed by atoms with van der Waals surface area (Å²) in [5.41, 5.74) is 4.41. The molecule has 7 nitrogen and oxygen atoms in total. The average Bonchev–Trinajstić information content (AvgIpc) is 3.41. The van der Waals surface area contributed by atoms with Gasteiger partial charge in [-0.2, -0.15) is 0 Å². The predicted molar refractivity (Wildman–Crippen MR) is 146 cm³/mol. The van der Waals surface area contributed by atoms with Crippen molar-refractivity contribution in [3.8, 4) is 5.75 Å². The highest BCUT2D eigenvalue weighted by Gasteiger charge is 2.46. The van der Waals surface area contributed by atoms with E-state index in [4.69, 9.17) is 4.74 Å². The molecule has 4 aromatic rings. The summed E-state index contributed by atoms with van der Waals surface area (Å²) in [6.45, 7) is 6.68. The molecule has 1 unspecified atom stereocenters. The van der Waals surface area contributed by atoms with Gasteiger partial charge < -0.3 is 19.1 Å². The number of ether oxygens (including phenoxy) is 1. The van der Waals surface area contributed by atoms with Crippen molar-refractivity contribution < 1.29 is 19.4 Å². The molecule has 1 N–H and O–H groups in total. The monoisotopic (exact) mass is 509 g/mol. The van der Waals surface area contributed by atoms with E-state index in [1.54, 1.807) is 4.90 Å². The van der Waals surface area contributed by atoms with Crippen LogP contribution in [-0.2, 0) is 16.0 Å². The molecule has 1 saturated heterocycles. The zero-order valence-electron chi connectivity index (χ0n) is 21.8. The van der Waals surface area contributed by atoms with Crippen molar-refractivity contribution in [1.29, 1.82) is 0 Å². The molecule has 1 fully saturated rings. The molecular formula is C31H31N3O4. The Balaban J connectivity index is 1.64. The van der Waals surface area contributed by atoms with Gasteiger partial charge in [-0.05, 0) is 61.6 Å². The highest BCUT2D eigenvalue weighted by atomic mass is 16.5. The van der Waals surface area contributed by atoms with E-state index in [1.807, 2.05) is 98.1 Å². The summed E-state index contributed by atoms with van der Waals surface area (Å²) in [4.78, 5) is 33.1. The molecule has 2 aromatic heterocycles. The second kappa shape index (κ2) is 10.5. The van der Waals surface area contributed by atoms with Crippen molar-refractivity contribution in [2.24, 2.45) is 0 Å². The zero-order chi connectivity index (χ0) is 26.8. The van der Waals surface area contributed by atoms with Crippen LogP contribution >= 0.6 is 0 Å². The lowest BCUT2D eigenvalue weighted by Crippen LogP contribution is -2.31. The molecule has 2 aromatic carbocycles. The molecule has 0 bridgehead atoms. The lowest BCUT2D eigenvalue weighted by molar-refractivity contribution is -0.139. The number of aliphatic hydroxyl groups excluding tert-OH is 1. The SMILES string of the molecule is CCCOc1cccc(C2/C(=C(\O)c3nc4c(C)cccn4c3C)C(=O)C(=O)N2CCc2ccccc2)c1. The quantitative estimate of drug-likeness (QED) is 0.195. The van der Waals surface area contributed by atoms with Crippen LogP contribution in [0.4, 0.5) is 0 Å². The van der Waals surface area contributed by atoms with Crippen molar-refractivity contribution in [1.82, 2.24) is 14.3 Å². The van der Waals surface area contributed by atoms with Gasteiger partial charge in [-0.25, -0.2) is 4.98 Å². The number of aromatic nitrogens is 2. The summed E-state index contributed by atoms with van der Waals surface area (Å²) in [6, 6.07) is 20.3. The highest BCUT2D eigenvalue weighted by molar-refractivity contribution is 6.46. The number of amides is 1. The molecule has 3 heterocycles. The second-order valence-electron chi connectivity index (χ2n) is 9.58. The molecule has 38 heavy (non-hydrogen) atoms. The van der Waals surface area contributed by atoms with Gasteiger partial charge in [0, 0.05) is 12.7 Å². The summed E-state index contributed by atoms with van der Waals surface area (Å²) in [5, 5.41) is 11.6. The standard InChI is InChI=1S/C31H31N3O4/c1-4-18-38-24-14-8-13-23(19-24)27-25(28(35)26-21(3)33-16-9-10-20(2)30(33)32-26)29(36)31(37)34(27)17-15-22-11-6-5-7-12-22/h5-14,16,19,27,35H,4,15,17-18H2,1-3H3/b28-25+. The van der Waals surface area contributed by atoms with Crippen molar-refractivity contribution in [2.45, 2.75) is 39.7 Å². The van der Waals surface area contributed by atoms with Crippen molar-refractivity contribution in [3.63, 3.8) is 0 Å². The molecule has 0 spiro atoms. The number of nitrogens with zero attached hydrogens (tertiary/aromatic N) is 3. The normalized spacial score (nSPS) is 16.9. The van der Waals surface area contributed by atoms with Crippen LogP contribution in [0.15, 0.2) is 78.5 Å². The molecule has 1 aliphatic heterocycles. The number of likely N-dealkylation sites (tertiary alicyclic amines) is 1. The first-order valence-corrected chi connectivity index (χ1v) is 12.9. The number of hydrogen-bond donors (Lipinski definition) is 1. The Kier molecular flexibility index (Phi) is 7.01. The minimum Gasteiger partial charge on any atom is -0.505 e. The van der Waals surface area contributed by atoms with Gasteiger partial charge in [-0.15, -0.1) is 0 Å². The third-order valence-electron chi connectivity index (χ3n) is 6.98. The number of rotatable bonds is 8.